The van der Waals surface area contributed by atoms with E-state index in [0.717, 1.165) is 25.7 Å². The first-order chi connectivity index (χ1) is 7.88. The van der Waals surface area contributed by atoms with Crippen LogP contribution in [0.5, 0.6) is 0 Å². The van der Waals surface area contributed by atoms with Gasteiger partial charge in [-0.15, -0.1) is 0 Å². The molecule has 1 saturated carbocycles. The van der Waals surface area contributed by atoms with Crippen molar-refractivity contribution in [3.05, 3.63) is 12.2 Å². The van der Waals surface area contributed by atoms with E-state index < -0.39 is 6.04 Å². The zero-order valence-corrected chi connectivity index (χ0v) is 11.2. The van der Waals surface area contributed by atoms with Crippen molar-refractivity contribution in [1.82, 2.24) is 0 Å². The number of carbonyl (C=O) groups is 1. The summed E-state index contributed by atoms with van der Waals surface area (Å²) in [5.74, 6) is -0.254. The number of hydrogen-bond acceptors (Lipinski definition) is 3. The highest BCUT2D eigenvalue weighted by Crippen LogP contribution is 2.21. The maximum Gasteiger partial charge on any atom is 0.323 e. The molecule has 1 aliphatic carbocycles. The van der Waals surface area contributed by atoms with Crippen LogP contribution in [0.1, 0.15) is 52.9 Å². The minimum Gasteiger partial charge on any atom is -0.461 e. The molecule has 0 amide bonds. The molecule has 0 spiro atoms. The highest BCUT2D eigenvalue weighted by atomic mass is 16.5. The Labute approximate surface area is 104 Å². The number of nitrogens with two attached hydrogens (primary N) is 1. The Morgan fingerprint density at radius 3 is 2.53 bits per heavy atom. The lowest BCUT2D eigenvalue weighted by Crippen LogP contribution is -2.34. The van der Waals surface area contributed by atoms with Crippen molar-refractivity contribution in [2.45, 2.75) is 65.0 Å². The molecule has 3 nitrogen and oxygen atoms in total. The molecule has 0 radical (unpaired) electrons. The van der Waals surface area contributed by atoms with Crippen LogP contribution in [0.3, 0.4) is 0 Å². The van der Waals surface area contributed by atoms with Gasteiger partial charge in [0.05, 0.1) is 0 Å². The fourth-order valence-corrected chi connectivity index (χ4v) is 1.92. The van der Waals surface area contributed by atoms with Crippen LogP contribution in [0.2, 0.25) is 0 Å². The second kappa shape index (κ2) is 6.20. The molecule has 1 fully saturated rings. The Morgan fingerprint density at radius 1 is 1.41 bits per heavy atom. The largest absolute Gasteiger partial charge is 0.461 e. The monoisotopic (exact) mass is 239 g/mol. The lowest BCUT2D eigenvalue weighted by atomic mass is 9.95. The minimum absolute atomic E-state index is 0.111. The third-order valence-corrected chi connectivity index (χ3v) is 2.90. The van der Waals surface area contributed by atoms with Crippen molar-refractivity contribution >= 4 is 5.97 Å². The smallest absolute Gasteiger partial charge is 0.323 e. The van der Waals surface area contributed by atoms with Crippen LogP contribution in [0, 0.1) is 5.41 Å². The first kappa shape index (κ1) is 14.2. The summed E-state index contributed by atoms with van der Waals surface area (Å²) < 4.78 is 5.36. The van der Waals surface area contributed by atoms with Gasteiger partial charge in [-0.05, 0) is 37.5 Å². The quantitative estimate of drug-likeness (QED) is 0.606. The summed E-state index contributed by atoms with van der Waals surface area (Å²) in [5, 5.41) is 0. The molecular weight excluding hydrogens is 214 g/mol. The molecule has 0 aromatic carbocycles. The van der Waals surface area contributed by atoms with Crippen LogP contribution in [0.15, 0.2) is 12.2 Å². The molecule has 0 saturated heterocycles. The number of allylic oxidation sites excluding steroid dienone is 1. The Bertz CT molecular complexity index is 272. The van der Waals surface area contributed by atoms with Crippen molar-refractivity contribution in [2.24, 2.45) is 11.1 Å². The van der Waals surface area contributed by atoms with Crippen LogP contribution in [0.25, 0.3) is 0 Å². The second-order valence-electron chi connectivity index (χ2n) is 5.95. The molecular formula is C14H25NO2. The summed E-state index contributed by atoms with van der Waals surface area (Å²) in [6, 6.07) is -0.519. The first-order valence-corrected chi connectivity index (χ1v) is 6.52. The van der Waals surface area contributed by atoms with Crippen molar-refractivity contribution in [3.63, 3.8) is 0 Å². The fraction of sp³-hybridized carbons (Fsp3) is 0.786. The van der Waals surface area contributed by atoms with Crippen LogP contribution in [-0.2, 0) is 9.53 Å². The fourth-order valence-electron chi connectivity index (χ4n) is 1.92. The van der Waals surface area contributed by atoms with Gasteiger partial charge in [-0.3, -0.25) is 4.79 Å². The zero-order valence-electron chi connectivity index (χ0n) is 11.2. The van der Waals surface area contributed by atoms with Gasteiger partial charge in [-0.1, -0.05) is 32.9 Å². The van der Waals surface area contributed by atoms with Crippen LogP contribution in [0.4, 0.5) is 0 Å². The maximum absolute atomic E-state index is 11.7. The summed E-state index contributed by atoms with van der Waals surface area (Å²) in [6.07, 6.45) is 9.04. The SMILES string of the molecule is CC(C)(C)/C=C\C[C@H](N)C(=O)OC1CCCC1. The van der Waals surface area contributed by atoms with Gasteiger partial charge in [0.2, 0.25) is 0 Å². The molecule has 2 N–H and O–H groups in total. The van der Waals surface area contributed by atoms with E-state index in [9.17, 15) is 4.79 Å². The Morgan fingerprint density at radius 2 is 2.00 bits per heavy atom. The highest BCUT2D eigenvalue weighted by Gasteiger charge is 2.22. The Kier molecular flexibility index (Phi) is 5.19. The molecule has 0 bridgehead atoms. The molecule has 1 rings (SSSR count). The van der Waals surface area contributed by atoms with Crippen molar-refractivity contribution in [2.75, 3.05) is 0 Å². The van der Waals surface area contributed by atoms with Crippen LogP contribution < -0.4 is 5.73 Å². The topological polar surface area (TPSA) is 52.3 Å². The highest BCUT2D eigenvalue weighted by molar-refractivity contribution is 5.75. The van der Waals surface area contributed by atoms with Crippen molar-refractivity contribution < 1.29 is 9.53 Å². The molecule has 17 heavy (non-hydrogen) atoms. The maximum atomic E-state index is 11.7. The zero-order chi connectivity index (χ0) is 12.9. The molecule has 0 unspecified atom stereocenters. The van der Waals surface area contributed by atoms with Crippen molar-refractivity contribution in [3.8, 4) is 0 Å². The molecule has 0 aromatic rings. The number of rotatable bonds is 4. The third-order valence-electron chi connectivity index (χ3n) is 2.90. The van der Waals surface area contributed by atoms with Crippen LogP contribution in [-0.4, -0.2) is 18.1 Å². The van der Waals surface area contributed by atoms with E-state index in [1.54, 1.807) is 0 Å². The number of ether oxygens (including phenoxy) is 1. The van der Waals surface area contributed by atoms with Gasteiger partial charge in [0, 0.05) is 0 Å². The van der Waals surface area contributed by atoms with E-state index in [1.807, 2.05) is 6.08 Å². The van der Waals surface area contributed by atoms with Crippen LogP contribution >= 0.6 is 0 Å². The molecule has 1 aliphatic rings. The normalized spacial score (nSPS) is 19.8. The average molecular weight is 239 g/mol. The summed E-state index contributed by atoms with van der Waals surface area (Å²) in [6.45, 7) is 6.35. The number of hydrogen-bond donors (Lipinski definition) is 1. The minimum atomic E-state index is -0.519. The number of esters is 1. The van der Waals surface area contributed by atoms with E-state index in [-0.39, 0.29) is 17.5 Å². The summed E-state index contributed by atoms with van der Waals surface area (Å²) in [4.78, 5) is 11.7. The standard InChI is InChI=1S/C14H25NO2/c1-14(2,3)10-6-9-12(15)13(16)17-11-7-4-5-8-11/h6,10-12H,4-5,7-9,15H2,1-3H3/b10-6-/t12-/m0/s1. The van der Waals surface area contributed by atoms with Gasteiger partial charge in [0.15, 0.2) is 0 Å². The Hall–Kier alpha value is -0.830. The molecule has 98 valence electrons. The van der Waals surface area contributed by atoms with E-state index >= 15 is 0 Å². The van der Waals surface area contributed by atoms with Crippen molar-refractivity contribution in [1.29, 1.82) is 0 Å². The molecule has 0 heterocycles. The van der Waals surface area contributed by atoms with Gasteiger partial charge in [0.25, 0.3) is 0 Å². The average Bonchev–Trinajstić information content (AvgIpc) is 2.68. The lowest BCUT2D eigenvalue weighted by molar-refractivity contribution is -0.150. The Balaban J connectivity index is 2.29. The predicted octanol–water partition coefficient (Wildman–Crippen LogP) is 2.79. The van der Waals surface area contributed by atoms with Gasteiger partial charge < -0.3 is 10.5 Å². The van der Waals surface area contributed by atoms with Gasteiger partial charge in [-0.25, -0.2) is 0 Å². The summed E-state index contributed by atoms with van der Waals surface area (Å²) >= 11 is 0. The summed E-state index contributed by atoms with van der Waals surface area (Å²) in [5.41, 5.74) is 5.93. The predicted molar refractivity (Wildman–Crippen MR) is 69.5 cm³/mol. The molecule has 3 heteroatoms. The second-order valence-corrected chi connectivity index (χ2v) is 5.95. The molecule has 1 atom stereocenters. The van der Waals surface area contributed by atoms with Gasteiger partial charge >= 0.3 is 5.97 Å². The van der Waals surface area contributed by atoms with E-state index in [4.69, 9.17) is 10.5 Å². The van der Waals surface area contributed by atoms with Gasteiger partial charge in [0.1, 0.15) is 12.1 Å². The van der Waals surface area contributed by atoms with E-state index in [2.05, 4.69) is 26.8 Å². The van der Waals surface area contributed by atoms with E-state index in [1.165, 1.54) is 0 Å². The third kappa shape index (κ3) is 5.87. The first-order valence-electron chi connectivity index (χ1n) is 6.52. The van der Waals surface area contributed by atoms with Gasteiger partial charge in [-0.2, -0.15) is 0 Å². The lowest BCUT2D eigenvalue weighted by Gasteiger charge is -2.15. The molecule has 0 aromatic heterocycles. The molecule has 0 aliphatic heterocycles. The number of carbonyl (C=O) groups excluding carboxylic acids is 1. The van der Waals surface area contributed by atoms with E-state index in [0.29, 0.717) is 6.42 Å². The summed E-state index contributed by atoms with van der Waals surface area (Å²) in [7, 11) is 0.